The molecule has 1 rings (SSSR count). The second kappa shape index (κ2) is 8.90. The van der Waals surface area contributed by atoms with Crippen molar-refractivity contribution >= 4 is 0 Å². The molecule has 0 aromatic carbocycles. The third-order valence-electron chi connectivity index (χ3n) is 4.01. The summed E-state index contributed by atoms with van der Waals surface area (Å²) in [5, 5.41) is 3.57. The van der Waals surface area contributed by atoms with Gasteiger partial charge < -0.3 is 15.0 Å². The maximum atomic E-state index is 5.45. The number of rotatable bonds is 7. The lowest BCUT2D eigenvalue weighted by molar-refractivity contribution is 0.0583. The molecule has 4 nitrogen and oxygen atoms in total. The minimum Gasteiger partial charge on any atom is -0.383 e. The van der Waals surface area contributed by atoms with E-state index in [0.717, 1.165) is 13.2 Å². The molecule has 114 valence electrons. The molecule has 2 unspecified atom stereocenters. The van der Waals surface area contributed by atoms with Crippen LogP contribution in [0.5, 0.6) is 0 Å². The monoisotopic (exact) mass is 271 g/mol. The minimum absolute atomic E-state index is 0.490. The van der Waals surface area contributed by atoms with Crippen molar-refractivity contribution in [3.8, 4) is 0 Å². The van der Waals surface area contributed by atoms with Crippen LogP contribution >= 0.6 is 0 Å². The van der Waals surface area contributed by atoms with Crippen LogP contribution in [0.1, 0.15) is 33.6 Å². The van der Waals surface area contributed by atoms with Crippen LogP contribution in [0, 0.1) is 0 Å². The van der Waals surface area contributed by atoms with E-state index in [0.29, 0.717) is 18.1 Å². The molecule has 0 bridgehead atoms. The number of hydrogen-bond acceptors (Lipinski definition) is 4. The molecule has 0 aliphatic carbocycles. The van der Waals surface area contributed by atoms with E-state index in [1.54, 1.807) is 0 Å². The Morgan fingerprint density at radius 1 is 1.32 bits per heavy atom. The Balaban J connectivity index is 2.66. The smallest absolute Gasteiger partial charge is 0.0630 e. The highest BCUT2D eigenvalue weighted by Gasteiger charge is 2.28. The fraction of sp³-hybridized carbons (Fsp3) is 1.00. The normalized spacial score (nSPS) is 24.6. The van der Waals surface area contributed by atoms with Gasteiger partial charge in [0.2, 0.25) is 0 Å². The Morgan fingerprint density at radius 2 is 2.05 bits per heavy atom. The summed E-state index contributed by atoms with van der Waals surface area (Å²) in [5.74, 6) is 0. The fourth-order valence-corrected chi connectivity index (χ4v) is 2.94. The van der Waals surface area contributed by atoms with Crippen molar-refractivity contribution in [3.63, 3.8) is 0 Å². The van der Waals surface area contributed by atoms with Crippen LogP contribution in [-0.4, -0.2) is 74.9 Å². The summed E-state index contributed by atoms with van der Waals surface area (Å²) in [7, 11) is 4.05. The first-order valence-corrected chi connectivity index (χ1v) is 7.75. The Morgan fingerprint density at radius 3 is 2.63 bits per heavy atom. The SMILES string of the molecule is CCC1CN(C)CCCN1C(CNC(C)C)COC. The first-order chi connectivity index (χ1) is 9.08. The summed E-state index contributed by atoms with van der Waals surface area (Å²) < 4.78 is 5.45. The molecule has 1 saturated heterocycles. The van der Waals surface area contributed by atoms with Gasteiger partial charge >= 0.3 is 0 Å². The van der Waals surface area contributed by atoms with Crippen LogP contribution in [0.2, 0.25) is 0 Å². The molecule has 1 N–H and O–H groups in total. The highest BCUT2D eigenvalue weighted by atomic mass is 16.5. The van der Waals surface area contributed by atoms with Crippen molar-refractivity contribution in [2.45, 2.75) is 51.7 Å². The van der Waals surface area contributed by atoms with Gasteiger partial charge in [-0.25, -0.2) is 0 Å². The maximum Gasteiger partial charge on any atom is 0.0630 e. The highest BCUT2D eigenvalue weighted by Crippen LogP contribution is 2.15. The lowest BCUT2D eigenvalue weighted by atomic mass is 10.1. The van der Waals surface area contributed by atoms with Gasteiger partial charge in [0.1, 0.15) is 0 Å². The molecular formula is C15H33N3O. The van der Waals surface area contributed by atoms with E-state index in [2.05, 4.69) is 42.9 Å². The van der Waals surface area contributed by atoms with Gasteiger partial charge in [-0.15, -0.1) is 0 Å². The van der Waals surface area contributed by atoms with Gasteiger partial charge in [0, 0.05) is 44.9 Å². The van der Waals surface area contributed by atoms with E-state index >= 15 is 0 Å². The standard InChI is InChI=1S/C15H33N3O/c1-6-14-11-17(4)8-7-9-18(14)15(12-19-5)10-16-13(2)3/h13-16H,6-12H2,1-5H3. The molecule has 0 spiro atoms. The van der Waals surface area contributed by atoms with E-state index in [9.17, 15) is 0 Å². The third kappa shape index (κ3) is 5.78. The molecule has 0 radical (unpaired) electrons. The summed E-state index contributed by atoms with van der Waals surface area (Å²) in [4.78, 5) is 5.14. The topological polar surface area (TPSA) is 27.7 Å². The Bertz CT molecular complexity index is 235. The summed E-state index contributed by atoms with van der Waals surface area (Å²) in [5.41, 5.74) is 0. The van der Waals surface area contributed by atoms with Crippen molar-refractivity contribution in [1.82, 2.24) is 15.1 Å². The van der Waals surface area contributed by atoms with Crippen LogP contribution in [-0.2, 0) is 4.74 Å². The van der Waals surface area contributed by atoms with E-state index < -0.39 is 0 Å². The third-order valence-corrected chi connectivity index (χ3v) is 4.01. The van der Waals surface area contributed by atoms with E-state index in [4.69, 9.17) is 4.74 Å². The Hall–Kier alpha value is -0.160. The van der Waals surface area contributed by atoms with Crippen LogP contribution in [0.15, 0.2) is 0 Å². The number of nitrogens with one attached hydrogen (secondary N) is 1. The average Bonchev–Trinajstić information content (AvgIpc) is 2.55. The summed E-state index contributed by atoms with van der Waals surface area (Å²) in [6.07, 6.45) is 2.47. The molecule has 4 heteroatoms. The van der Waals surface area contributed by atoms with Crippen molar-refractivity contribution < 1.29 is 4.74 Å². The largest absolute Gasteiger partial charge is 0.383 e. The fourth-order valence-electron chi connectivity index (χ4n) is 2.94. The van der Waals surface area contributed by atoms with E-state index in [1.807, 2.05) is 7.11 Å². The zero-order chi connectivity index (χ0) is 14.3. The minimum atomic E-state index is 0.490. The summed E-state index contributed by atoms with van der Waals surface area (Å²) >= 11 is 0. The number of likely N-dealkylation sites (N-methyl/N-ethyl adjacent to an activating group) is 1. The van der Waals surface area contributed by atoms with Gasteiger partial charge in [0.25, 0.3) is 0 Å². The number of ether oxygens (including phenoxy) is 1. The van der Waals surface area contributed by atoms with Crippen molar-refractivity contribution in [2.24, 2.45) is 0 Å². The van der Waals surface area contributed by atoms with Crippen molar-refractivity contribution in [2.75, 3.05) is 46.9 Å². The van der Waals surface area contributed by atoms with Crippen LogP contribution < -0.4 is 5.32 Å². The zero-order valence-electron chi connectivity index (χ0n) is 13.5. The average molecular weight is 271 g/mol. The lowest BCUT2D eigenvalue weighted by Gasteiger charge is -2.37. The van der Waals surface area contributed by atoms with Gasteiger partial charge in [-0.3, -0.25) is 4.90 Å². The number of hydrogen-bond donors (Lipinski definition) is 1. The maximum absolute atomic E-state index is 5.45. The Labute approximate surface area is 119 Å². The lowest BCUT2D eigenvalue weighted by Crippen LogP contribution is -2.52. The van der Waals surface area contributed by atoms with Crippen LogP contribution in [0.25, 0.3) is 0 Å². The molecule has 19 heavy (non-hydrogen) atoms. The van der Waals surface area contributed by atoms with Crippen molar-refractivity contribution in [1.29, 1.82) is 0 Å². The predicted octanol–water partition coefficient (Wildman–Crippen LogP) is 1.42. The molecule has 1 fully saturated rings. The van der Waals surface area contributed by atoms with Crippen LogP contribution in [0.4, 0.5) is 0 Å². The summed E-state index contributed by atoms with van der Waals surface area (Å²) in [6, 6.07) is 1.68. The molecule has 0 saturated carbocycles. The Kier molecular flexibility index (Phi) is 7.91. The molecule has 2 atom stereocenters. The number of nitrogens with zero attached hydrogens (tertiary/aromatic N) is 2. The zero-order valence-corrected chi connectivity index (χ0v) is 13.5. The van der Waals surface area contributed by atoms with Gasteiger partial charge in [-0.2, -0.15) is 0 Å². The predicted molar refractivity (Wildman–Crippen MR) is 81.7 cm³/mol. The molecular weight excluding hydrogens is 238 g/mol. The second-order valence-corrected chi connectivity index (χ2v) is 6.09. The molecule has 0 aromatic heterocycles. The van der Waals surface area contributed by atoms with E-state index in [1.165, 1.54) is 32.5 Å². The quantitative estimate of drug-likeness (QED) is 0.758. The van der Waals surface area contributed by atoms with Gasteiger partial charge in [-0.05, 0) is 26.4 Å². The molecule has 0 amide bonds. The molecule has 0 aromatic rings. The molecule has 1 aliphatic rings. The second-order valence-electron chi connectivity index (χ2n) is 6.09. The number of methoxy groups -OCH3 is 1. The first-order valence-electron chi connectivity index (χ1n) is 7.75. The van der Waals surface area contributed by atoms with Gasteiger partial charge in [-0.1, -0.05) is 20.8 Å². The van der Waals surface area contributed by atoms with Gasteiger partial charge in [0.05, 0.1) is 6.61 Å². The van der Waals surface area contributed by atoms with Crippen molar-refractivity contribution in [3.05, 3.63) is 0 Å². The molecule has 1 heterocycles. The molecule has 1 aliphatic heterocycles. The first kappa shape index (κ1) is 16.9. The van der Waals surface area contributed by atoms with Crippen LogP contribution in [0.3, 0.4) is 0 Å². The van der Waals surface area contributed by atoms with Gasteiger partial charge in [0.15, 0.2) is 0 Å². The summed E-state index contributed by atoms with van der Waals surface area (Å²) in [6.45, 7) is 12.1. The highest BCUT2D eigenvalue weighted by molar-refractivity contribution is 4.84. The van der Waals surface area contributed by atoms with E-state index in [-0.39, 0.29) is 0 Å².